The van der Waals surface area contributed by atoms with Gasteiger partial charge in [-0.1, -0.05) is 32.0 Å². The molecule has 0 radical (unpaired) electrons. The zero-order valence-corrected chi connectivity index (χ0v) is 12.6. The monoisotopic (exact) mass is 284 g/mol. The molecule has 0 aliphatic carbocycles. The standard InChI is InChI=1S/C16H20N4O/c1-10(2)8-20-13(9-21-3)19-14-15(20)11-6-4-5-7-12(11)18-16(14)17/h4-7,10H,8-9H2,1-3H3,(H2,17,18). The van der Waals surface area contributed by atoms with Gasteiger partial charge in [0.2, 0.25) is 0 Å². The normalized spacial score (nSPS) is 11.8. The number of hydrogen-bond acceptors (Lipinski definition) is 4. The molecule has 3 rings (SSSR count). The lowest BCUT2D eigenvalue weighted by Gasteiger charge is -2.12. The van der Waals surface area contributed by atoms with Gasteiger partial charge in [0.1, 0.15) is 17.9 Å². The highest BCUT2D eigenvalue weighted by Crippen LogP contribution is 2.29. The molecule has 2 aromatic heterocycles. The van der Waals surface area contributed by atoms with Crippen LogP contribution in [0.25, 0.3) is 21.9 Å². The molecule has 3 aromatic rings. The number of pyridine rings is 1. The van der Waals surface area contributed by atoms with Gasteiger partial charge >= 0.3 is 0 Å². The fourth-order valence-electron chi connectivity index (χ4n) is 2.71. The van der Waals surface area contributed by atoms with Gasteiger partial charge in [-0.3, -0.25) is 0 Å². The predicted octanol–water partition coefficient (Wildman–Crippen LogP) is 2.97. The van der Waals surface area contributed by atoms with E-state index in [1.54, 1.807) is 7.11 Å². The Balaban J connectivity index is 2.39. The summed E-state index contributed by atoms with van der Waals surface area (Å²) in [5.41, 5.74) is 8.82. The largest absolute Gasteiger partial charge is 0.382 e. The lowest BCUT2D eigenvalue weighted by atomic mass is 10.1. The third-order valence-corrected chi connectivity index (χ3v) is 3.51. The Morgan fingerprint density at radius 2 is 2.00 bits per heavy atom. The zero-order chi connectivity index (χ0) is 15.0. The van der Waals surface area contributed by atoms with Crippen LogP contribution < -0.4 is 5.73 Å². The van der Waals surface area contributed by atoms with Crippen LogP contribution in [0.5, 0.6) is 0 Å². The minimum Gasteiger partial charge on any atom is -0.382 e. The summed E-state index contributed by atoms with van der Waals surface area (Å²) in [6.07, 6.45) is 0. The van der Waals surface area contributed by atoms with Gasteiger partial charge in [0.15, 0.2) is 5.82 Å². The first-order chi connectivity index (χ1) is 10.1. The Morgan fingerprint density at radius 1 is 1.24 bits per heavy atom. The van der Waals surface area contributed by atoms with Crippen LogP contribution in [0.2, 0.25) is 0 Å². The number of benzene rings is 1. The zero-order valence-electron chi connectivity index (χ0n) is 12.6. The average Bonchev–Trinajstić information content (AvgIpc) is 2.79. The Kier molecular flexibility index (Phi) is 3.51. The third kappa shape index (κ3) is 2.34. The summed E-state index contributed by atoms with van der Waals surface area (Å²) in [6, 6.07) is 8.04. The minimum atomic E-state index is 0.467. The van der Waals surface area contributed by atoms with E-state index in [2.05, 4.69) is 34.4 Å². The second-order valence-corrected chi connectivity index (χ2v) is 5.68. The van der Waals surface area contributed by atoms with Crippen molar-refractivity contribution in [3.8, 4) is 0 Å². The van der Waals surface area contributed by atoms with Crippen molar-refractivity contribution in [1.82, 2.24) is 14.5 Å². The summed E-state index contributed by atoms with van der Waals surface area (Å²) in [5, 5.41) is 1.08. The van der Waals surface area contributed by atoms with Gasteiger partial charge < -0.3 is 15.0 Å². The van der Waals surface area contributed by atoms with E-state index in [0.29, 0.717) is 18.3 Å². The summed E-state index contributed by atoms with van der Waals surface area (Å²) in [7, 11) is 1.68. The van der Waals surface area contributed by atoms with E-state index in [-0.39, 0.29) is 0 Å². The van der Waals surface area contributed by atoms with Gasteiger partial charge in [-0.05, 0) is 12.0 Å². The summed E-state index contributed by atoms with van der Waals surface area (Å²) in [6.45, 7) is 5.72. The maximum absolute atomic E-state index is 6.10. The number of imidazole rings is 1. The Hall–Kier alpha value is -2.14. The molecule has 0 saturated heterocycles. The highest BCUT2D eigenvalue weighted by atomic mass is 16.5. The molecule has 0 aliphatic heterocycles. The molecule has 0 atom stereocenters. The predicted molar refractivity (Wildman–Crippen MR) is 85.0 cm³/mol. The van der Waals surface area contributed by atoms with Crippen molar-refractivity contribution in [1.29, 1.82) is 0 Å². The molecule has 0 fully saturated rings. The summed E-state index contributed by atoms with van der Waals surface area (Å²) >= 11 is 0. The molecule has 0 saturated carbocycles. The van der Waals surface area contributed by atoms with Crippen LogP contribution >= 0.6 is 0 Å². The van der Waals surface area contributed by atoms with Crippen molar-refractivity contribution in [2.24, 2.45) is 5.92 Å². The SMILES string of the molecule is COCc1nc2c(N)nc3ccccc3c2n1CC(C)C. The number of rotatable bonds is 4. The van der Waals surface area contributed by atoms with Crippen molar-refractivity contribution in [3.05, 3.63) is 30.1 Å². The number of methoxy groups -OCH3 is 1. The quantitative estimate of drug-likeness (QED) is 0.800. The van der Waals surface area contributed by atoms with Crippen LogP contribution in [0.15, 0.2) is 24.3 Å². The van der Waals surface area contributed by atoms with Gasteiger partial charge in [0, 0.05) is 19.0 Å². The summed E-state index contributed by atoms with van der Waals surface area (Å²) < 4.78 is 7.50. The molecule has 2 N–H and O–H groups in total. The molecule has 2 heterocycles. The highest BCUT2D eigenvalue weighted by molar-refractivity contribution is 6.06. The molecule has 0 unspecified atom stereocenters. The number of hydrogen-bond donors (Lipinski definition) is 1. The number of aromatic nitrogens is 3. The molecule has 0 aliphatic rings. The van der Waals surface area contributed by atoms with E-state index in [9.17, 15) is 0 Å². The van der Waals surface area contributed by atoms with E-state index in [1.807, 2.05) is 18.2 Å². The number of nitrogens with zero attached hydrogens (tertiary/aromatic N) is 3. The molecule has 0 amide bonds. The van der Waals surface area contributed by atoms with Gasteiger partial charge in [0.05, 0.1) is 11.0 Å². The van der Waals surface area contributed by atoms with Crippen LogP contribution in [0.4, 0.5) is 5.82 Å². The van der Waals surface area contributed by atoms with Crippen molar-refractivity contribution < 1.29 is 4.74 Å². The third-order valence-electron chi connectivity index (χ3n) is 3.51. The molecule has 110 valence electrons. The molecule has 0 bridgehead atoms. The van der Waals surface area contributed by atoms with Crippen LogP contribution in [-0.4, -0.2) is 21.6 Å². The summed E-state index contributed by atoms with van der Waals surface area (Å²) in [5.74, 6) is 1.88. The summed E-state index contributed by atoms with van der Waals surface area (Å²) in [4.78, 5) is 9.11. The van der Waals surface area contributed by atoms with Gasteiger partial charge in [-0.15, -0.1) is 0 Å². The first-order valence-electron chi connectivity index (χ1n) is 7.14. The molecule has 21 heavy (non-hydrogen) atoms. The maximum Gasteiger partial charge on any atom is 0.152 e. The fourth-order valence-corrected chi connectivity index (χ4v) is 2.71. The van der Waals surface area contributed by atoms with Crippen molar-refractivity contribution in [2.75, 3.05) is 12.8 Å². The second kappa shape index (κ2) is 5.33. The molecule has 5 heteroatoms. The van der Waals surface area contributed by atoms with Crippen molar-refractivity contribution in [2.45, 2.75) is 27.0 Å². The number of anilines is 1. The first-order valence-corrected chi connectivity index (χ1v) is 7.14. The second-order valence-electron chi connectivity index (χ2n) is 5.68. The Bertz CT molecular complexity index is 792. The fraction of sp³-hybridized carbons (Fsp3) is 0.375. The molecule has 1 aromatic carbocycles. The molecular weight excluding hydrogens is 264 g/mol. The highest BCUT2D eigenvalue weighted by Gasteiger charge is 2.17. The van der Waals surface area contributed by atoms with Gasteiger partial charge in [-0.25, -0.2) is 9.97 Å². The van der Waals surface area contributed by atoms with E-state index in [4.69, 9.17) is 10.5 Å². The number of nitrogens with two attached hydrogens (primary N) is 1. The van der Waals surface area contributed by atoms with E-state index in [1.165, 1.54) is 0 Å². The van der Waals surface area contributed by atoms with Crippen LogP contribution in [-0.2, 0) is 17.9 Å². The van der Waals surface area contributed by atoms with E-state index < -0.39 is 0 Å². The van der Waals surface area contributed by atoms with E-state index >= 15 is 0 Å². The molecular formula is C16H20N4O. The van der Waals surface area contributed by atoms with Crippen LogP contribution in [0.3, 0.4) is 0 Å². The molecule has 0 spiro atoms. The topological polar surface area (TPSA) is 66.0 Å². The maximum atomic E-state index is 6.10. The van der Waals surface area contributed by atoms with E-state index in [0.717, 1.165) is 34.3 Å². The number of fused-ring (bicyclic) bond motifs is 3. The minimum absolute atomic E-state index is 0.467. The lowest BCUT2D eigenvalue weighted by Crippen LogP contribution is -2.09. The Labute approximate surface area is 123 Å². The van der Waals surface area contributed by atoms with Crippen molar-refractivity contribution >= 4 is 27.8 Å². The number of ether oxygens (including phenoxy) is 1. The van der Waals surface area contributed by atoms with Gasteiger partial charge in [0.25, 0.3) is 0 Å². The number of nitrogen functional groups attached to an aromatic ring is 1. The smallest absolute Gasteiger partial charge is 0.152 e. The molecule has 5 nitrogen and oxygen atoms in total. The number of para-hydroxylation sites is 1. The average molecular weight is 284 g/mol. The van der Waals surface area contributed by atoms with Crippen LogP contribution in [0.1, 0.15) is 19.7 Å². The van der Waals surface area contributed by atoms with Crippen LogP contribution in [0, 0.1) is 5.92 Å². The van der Waals surface area contributed by atoms with Gasteiger partial charge in [-0.2, -0.15) is 0 Å². The Morgan fingerprint density at radius 3 is 2.71 bits per heavy atom. The lowest BCUT2D eigenvalue weighted by molar-refractivity contribution is 0.174. The first kappa shape index (κ1) is 13.8. The van der Waals surface area contributed by atoms with Crippen molar-refractivity contribution in [3.63, 3.8) is 0 Å².